The van der Waals surface area contributed by atoms with E-state index in [1.807, 2.05) is 0 Å². The molecular formula is C17H25N5O3. The molecule has 2 saturated heterocycles. The first-order valence-electron chi connectivity index (χ1n) is 8.79. The number of aromatic nitrogens is 2. The van der Waals surface area contributed by atoms with Crippen molar-refractivity contribution in [2.75, 3.05) is 44.2 Å². The first-order valence-corrected chi connectivity index (χ1v) is 8.79. The van der Waals surface area contributed by atoms with Gasteiger partial charge in [0.25, 0.3) is 0 Å². The Morgan fingerprint density at radius 3 is 2.44 bits per heavy atom. The lowest BCUT2D eigenvalue weighted by atomic mass is 9.88. The third-order valence-electron chi connectivity index (χ3n) is 5.22. The lowest BCUT2D eigenvalue weighted by molar-refractivity contribution is -0.161. The third-order valence-corrected chi connectivity index (χ3v) is 5.22. The summed E-state index contributed by atoms with van der Waals surface area (Å²) in [4.78, 5) is 38.6. The van der Waals surface area contributed by atoms with Crippen LogP contribution in [0.15, 0.2) is 18.5 Å². The number of carbonyl (C=O) groups is 2. The number of anilines is 1. The summed E-state index contributed by atoms with van der Waals surface area (Å²) < 4.78 is 0. The van der Waals surface area contributed by atoms with Crippen LogP contribution in [0.2, 0.25) is 0 Å². The minimum atomic E-state index is -1.07. The van der Waals surface area contributed by atoms with Crippen LogP contribution < -0.4 is 4.90 Å². The molecule has 2 aliphatic rings. The normalized spacial score (nSPS) is 25.0. The van der Waals surface area contributed by atoms with Crippen molar-refractivity contribution in [2.24, 2.45) is 0 Å². The number of amides is 1. The second-order valence-electron chi connectivity index (χ2n) is 6.89. The molecule has 1 amide bonds. The van der Waals surface area contributed by atoms with E-state index in [-0.39, 0.29) is 12.5 Å². The number of piperidine rings is 1. The summed E-state index contributed by atoms with van der Waals surface area (Å²) in [6.45, 7) is 5.45. The molecular weight excluding hydrogens is 322 g/mol. The quantitative estimate of drug-likeness (QED) is 0.846. The molecule has 0 aromatic carbocycles. The molecule has 1 atom stereocenters. The van der Waals surface area contributed by atoms with Crippen LogP contribution >= 0.6 is 0 Å². The van der Waals surface area contributed by atoms with Crippen molar-refractivity contribution in [1.29, 1.82) is 0 Å². The van der Waals surface area contributed by atoms with Gasteiger partial charge in [-0.2, -0.15) is 0 Å². The molecule has 0 spiro atoms. The molecule has 8 nitrogen and oxygen atoms in total. The molecule has 1 N–H and O–H groups in total. The summed E-state index contributed by atoms with van der Waals surface area (Å²) in [6.07, 6.45) is 5.69. The largest absolute Gasteiger partial charge is 0.480 e. The van der Waals surface area contributed by atoms with Crippen molar-refractivity contribution >= 4 is 17.8 Å². The van der Waals surface area contributed by atoms with Crippen molar-refractivity contribution in [3.63, 3.8) is 0 Å². The molecule has 0 radical (unpaired) electrons. The predicted molar refractivity (Wildman–Crippen MR) is 92.3 cm³/mol. The molecule has 25 heavy (non-hydrogen) atoms. The molecule has 1 aromatic heterocycles. The molecule has 3 heterocycles. The molecule has 3 rings (SSSR count). The van der Waals surface area contributed by atoms with Gasteiger partial charge in [0.05, 0.1) is 6.54 Å². The predicted octanol–water partition coefficient (Wildman–Crippen LogP) is 0.454. The molecule has 2 fully saturated rings. The van der Waals surface area contributed by atoms with E-state index in [1.165, 1.54) is 0 Å². The zero-order chi connectivity index (χ0) is 17.9. The van der Waals surface area contributed by atoms with Crippen LogP contribution in [0.1, 0.15) is 26.2 Å². The van der Waals surface area contributed by atoms with Gasteiger partial charge in [0.15, 0.2) is 0 Å². The fourth-order valence-corrected chi connectivity index (χ4v) is 3.58. The summed E-state index contributed by atoms with van der Waals surface area (Å²) in [6, 6.07) is 1.79. The van der Waals surface area contributed by atoms with Gasteiger partial charge in [-0.1, -0.05) is 0 Å². The SMILES string of the molecule is C[C@]1(C(=O)O)CCCCN1C(=O)CN1CCN(c2ncccn2)CC1. The summed E-state index contributed by atoms with van der Waals surface area (Å²) in [7, 11) is 0. The van der Waals surface area contributed by atoms with E-state index in [0.717, 1.165) is 39.0 Å². The van der Waals surface area contributed by atoms with Crippen molar-refractivity contribution in [3.8, 4) is 0 Å². The van der Waals surface area contributed by atoms with Crippen LogP contribution in [-0.4, -0.2) is 81.6 Å². The second kappa shape index (κ2) is 7.35. The van der Waals surface area contributed by atoms with Gasteiger partial charge in [0.2, 0.25) is 11.9 Å². The Morgan fingerprint density at radius 1 is 1.12 bits per heavy atom. The molecule has 0 saturated carbocycles. The number of piperazine rings is 1. The Kier molecular flexibility index (Phi) is 5.17. The van der Waals surface area contributed by atoms with Crippen LogP contribution in [0.25, 0.3) is 0 Å². The molecule has 1 aromatic rings. The zero-order valence-electron chi connectivity index (χ0n) is 14.6. The van der Waals surface area contributed by atoms with Crippen LogP contribution in [0.4, 0.5) is 5.95 Å². The van der Waals surface area contributed by atoms with E-state index in [2.05, 4.69) is 19.8 Å². The summed E-state index contributed by atoms with van der Waals surface area (Å²) in [5.74, 6) is -0.288. The average molecular weight is 347 g/mol. The van der Waals surface area contributed by atoms with E-state index < -0.39 is 11.5 Å². The second-order valence-corrected chi connectivity index (χ2v) is 6.89. The van der Waals surface area contributed by atoms with Gasteiger partial charge in [0.1, 0.15) is 5.54 Å². The maximum Gasteiger partial charge on any atom is 0.329 e. The number of rotatable bonds is 4. The molecule has 0 unspecified atom stereocenters. The highest BCUT2D eigenvalue weighted by molar-refractivity contribution is 5.87. The number of hydrogen-bond acceptors (Lipinski definition) is 6. The number of carboxylic acids is 1. The first-order chi connectivity index (χ1) is 12.0. The van der Waals surface area contributed by atoms with Crippen molar-refractivity contribution in [1.82, 2.24) is 19.8 Å². The van der Waals surface area contributed by atoms with E-state index >= 15 is 0 Å². The molecule has 0 bridgehead atoms. The van der Waals surface area contributed by atoms with Crippen molar-refractivity contribution in [3.05, 3.63) is 18.5 Å². The highest BCUT2D eigenvalue weighted by Crippen LogP contribution is 2.28. The Morgan fingerprint density at radius 2 is 1.80 bits per heavy atom. The number of likely N-dealkylation sites (tertiary alicyclic amines) is 1. The van der Waals surface area contributed by atoms with Gasteiger partial charge < -0.3 is 14.9 Å². The Hall–Kier alpha value is -2.22. The van der Waals surface area contributed by atoms with E-state index in [1.54, 1.807) is 30.3 Å². The highest BCUT2D eigenvalue weighted by atomic mass is 16.4. The maximum atomic E-state index is 12.7. The highest BCUT2D eigenvalue weighted by Gasteiger charge is 2.44. The maximum absolute atomic E-state index is 12.7. The standard InChI is InChI=1S/C17H25N5O3/c1-17(15(24)25)5-2-3-8-22(17)14(23)13-20-9-11-21(12-10-20)16-18-6-4-7-19-16/h4,6-7H,2-3,5,8-13H2,1H3,(H,24,25)/t17-/m1/s1. The van der Waals surface area contributed by atoms with Gasteiger partial charge in [0, 0.05) is 45.1 Å². The number of hydrogen-bond donors (Lipinski definition) is 1. The zero-order valence-corrected chi connectivity index (χ0v) is 14.6. The molecule has 2 aliphatic heterocycles. The Bertz CT molecular complexity index is 618. The van der Waals surface area contributed by atoms with Gasteiger partial charge in [-0.05, 0) is 32.3 Å². The summed E-state index contributed by atoms with van der Waals surface area (Å²) >= 11 is 0. The van der Waals surface area contributed by atoms with Gasteiger partial charge in [-0.3, -0.25) is 9.69 Å². The monoisotopic (exact) mass is 347 g/mol. The Balaban J connectivity index is 1.56. The van der Waals surface area contributed by atoms with Gasteiger partial charge in [-0.15, -0.1) is 0 Å². The molecule has 8 heteroatoms. The minimum absolute atomic E-state index is 0.0889. The van der Waals surface area contributed by atoms with Crippen molar-refractivity contribution in [2.45, 2.75) is 31.7 Å². The van der Waals surface area contributed by atoms with Gasteiger partial charge >= 0.3 is 5.97 Å². The molecule has 136 valence electrons. The smallest absolute Gasteiger partial charge is 0.329 e. The summed E-state index contributed by atoms with van der Waals surface area (Å²) in [5, 5.41) is 9.56. The van der Waals surface area contributed by atoms with Crippen LogP contribution in [-0.2, 0) is 9.59 Å². The number of aliphatic carboxylic acids is 1. The minimum Gasteiger partial charge on any atom is -0.480 e. The number of carbonyl (C=O) groups excluding carboxylic acids is 1. The van der Waals surface area contributed by atoms with E-state index in [9.17, 15) is 14.7 Å². The van der Waals surface area contributed by atoms with Gasteiger partial charge in [-0.25, -0.2) is 14.8 Å². The fourth-order valence-electron chi connectivity index (χ4n) is 3.58. The number of nitrogens with zero attached hydrogens (tertiary/aromatic N) is 5. The molecule has 0 aliphatic carbocycles. The van der Waals surface area contributed by atoms with E-state index in [0.29, 0.717) is 18.9 Å². The topological polar surface area (TPSA) is 89.9 Å². The third kappa shape index (κ3) is 3.73. The van der Waals surface area contributed by atoms with Crippen LogP contribution in [0.3, 0.4) is 0 Å². The average Bonchev–Trinajstić information content (AvgIpc) is 2.63. The first kappa shape index (κ1) is 17.6. The van der Waals surface area contributed by atoms with Crippen molar-refractivity contribution < 1.29 is 14.7 Å². The van der Waals surface area contributed by atoms with Crippen LogP contribution in [0.5, 0.6) is 0 Å². The van der Waals surface area contributed by atoms with Crippen LogP contribution in [0, 0.1) is 0 Å². The lowest BCUT2D eigenvalue weighted by Gasteiger charge is -2.43. The lowest BCUT2D eigenvalue weighted by Crippen LogP contribution is -2.60. The summed E-state index contributed by atoms with van der Waals surface area (Å²) in [5.41, 5.74) is -1.07. The number of carboxylic acid groups (broad SMARTS) is 1. The fraction of sp³-hybridized carbons (Fsp3) is 0.647. The Labute approximate surface area is 147 Å². The van der Waals surface area contributed by atoms with E-state index in [4.69, 9.17) is 0 Å².